The molecule has 17 nitrogen and oxygen atoms in total. The molecule has 6 rings (SSSR count). The number of hydrogen-bond acceptors (Lipinski definition) is 17. The number of halogens is 8. The molecule has 30 heteroatoms. The minimum atomic E-state index is -6.00. The molecule has 0 aliphatic carbocycles. The summed E-state index contributed by atoms with van der Waals surface area (Å²) in [5, 5.41) is 21.3. The topological polar surface area (TPSA) is 269 Å². The lowest BCUT2D eigenvalue weighted by Gasteiger charge is -2.20. The molecule has 0 N–H and O–H groups in total. The third kappa shape index (κ3) is 20.5. The molecule has 0 radical (unpaired) electrons. The van der Waals surface area contributed by atoms with Crippen molar-refractivity contribution in [1.82, 2.24) is 0 Å². The first-order valence-electron chi connectivity index (χ1n) is 25.7. The van der Waals surface area contributed by atoms with Crippen LogP contribution in [0.1, 0.15) is 68.7 Å². The number of hydrogen-bond donors (Lipinski definition) is 0. The van der Waals surface area contributed by atoms with Crippen LogP contribution >= 0.6 is 0 Å². The van der Waals surface area contributed by atoms with Gasteiger partial charge in [0.2, 0.25) is 0 Å². The molecule has 0 saturated carbocycles. The molecule has 6 aromatic carbocycles. The molecule has 0 saturated heterocycles. The molecule has 0 aromatic heterocycles. The highest BCUT2D eigenvalue weighted by atomic mass is 32.2. The molecule has 88 heavy (non-hydrogen) atoms. The Hall–Kier alpha value is -7.61. The zero-order chi connectivity index (χ0) is 66.1. The molecule has 0 heterocycles. The van der Waals surface area contributed by atoms with Gasteiger partial charge in [-0.2, -0.15) is 72.7 Å². The van der Waals surface area contributed by atoms with Crippen molar-refractivity contribution in [3.8, 4) is 23.6 Å². The van der Waals surface area contributed by atoms with Crippen molar-refractivity contribution < 1.29 is 92.4 Å². The summed E-state index contributed by atoms with van der Waals surface area (Å²) in [4.78, 5) is 28.8. The highest BCUT2D eigenvalue weighted by Crippen LogP contribution is 2.40. The van der Waals surface area contributed by atoms with Crippen molar-refractivity contribution in [3.05, 3.63) is 168 Å². The molecular formula is C58H57F8N4O13S5+. The van der Waals surface area contributed by atoms with Gasteiger partial charge in [0.25, 0.3) is 0 Å². The van der Waals surface area contributed by atoms with Gasteiger partial charge in [-0.15, -0.1) is 0 Å². The Morgan fingerprint density at radius 3 is 1.01 bits per heavy atom. The first kappa shape index (κ1) is 72.9. The first-order chi connectivity index (χ1) is 40.8. The second-order valence-corrected chi connectivity index (χ2v) is 27.8. The van der Waals surface area contributed by atoms with Crippen molar-refractivity contribution in [2.45, 2.75) is 131 Å². The molecule has 0 bridgehead atoms. The Balaban J connectivity index is 0.000000282. The van der Waals surface area contributed by atoms with Crippen LogP contribution in [0.5, 0.6) is 11.5 Å². The number of esters is 2. The largest absolute Gasteiger partial charge is 0.743 e. The van der Waals surface area contributed by atoms with E-state index < -0.39 is 104 Å². The molecule has 6 aromatic rings. The average molecular weight is 1330 g/mol. The first-order valence-corrected chi connectivity index (χ1v) is 32.3. The van der Waals surface area contributed by atoms with Gasteiger partial charge in [0, 0.05) is 37.1 Å². The molecule has 0 aliphatic heterocycles. The van der Waals surface area contributed by atoms with Crippen LogP contribution in [-0.4, -0.2) is 82.3 Å². The number of aryl methyl sites for hydroxylation is 4. The van der Waals surface area contributed by atoms with E-state index >= 15 is 0 Å². The fourth-order valence-electron chi connectivity index (χ4n) is 7.39. The number of alkyl halides is 8. The maximum atomic E-state index is 13.0. The van der Waals surface area contributed by atoms with E-state index in [1.165, 1.54) is 41.5 Å². The van der Waals surface area contributed by atoms with E-state index in [1.807, 2.05) is 127 Å². The third-order valence-electron chi connectivity index (χ3n) is 11.9. The summed E-state index contributed by atoms with van der Waals surface area (Å²) in [5.74, 6) is -2.43. The standard InChI is InChI=1S/2C21H18F3O3S2.C16H22F2N4O7S/c2*1-15-13-19(14-16(2)20(15)27-29(25,26)21(22,23)24)28(17-9-5-3-6-10-17)18-11-7-4-8-12-18;1-4-28-12(23)5-7-14(2,9-19)21-22-15(3,10-20)8-6-13(24)29-11-16(17,18)30(25,26)27/h2*3-14H,1-2H3;4-8,11H2,1-3H3,(H,25,26,27)/q2*+1;/p-1. The summed E-state index contributed by atoms with van der Waals surface area (Å²) in [6, 6.07) is 49.2. The smallest absolute Gasteiger partial charge is 0.534 e. The molecule has 472 valence electrons. The molecular weight excluding hydrogens is 1270 g/mol. The van der Waals surface area contributed by atoms with Gasteiger partial charge in [-0.3, -0.25) is 9.59 Å². The second-order valence-electron chi connectivity index (χ2n) is 19.1. The van der Waals surface area contributed by atoms with E-state index in [2.05, 4.69) is 23.3 Å². The van der Waals surface area contributed by atoms with E-state index in [0.29, 0.717) is 22.3 Å². The van der Waals surface area contributed by atoms with E-state index in [4.69, 9.17) is 4.74 Å². The number of nitriles is 2. The summed E-state index contributed by atoms with van der Waals surface area (Å²) in [6.07, 6.45) is -1.15. The summed E-state index contributed by atoms with van der Waals surface area (Å²) < 4.78 is 197. The number of carbonyl (C=O) groups is 2. The van der Waals surface area contributed by atoms with Gasteiger partial charge < -0.3 is 22.4 Å². The van der Waals surface area contributed by atoms with Crippen LogP contribution < -0.4 is 8.37 Å². The highest BCUT2D eigenvalue weighted by molar-refractivity contribution is 7.97. The van der Waals surface area contributed by atoms with Crippen LogP contribution in [0.15, 0.2) is 185 Å². The predicted octanol–water partition coefficient (Wildman–Crippen LogP) is 13.1. The fraction of sp³-hybridized carbons (Fsp3) is 0.310. The quantitative estimate of drug-likeness (QED) is 0.0116. The van der Waals surface area contributed by atoms with Gasteiger partial charge in [-0.05, 0) is 132 Å². The maximum absolute atomic E-state index is 13.0. The lowest BCUT2D eigenvalue weighted by atomic mass is 9.97. The molecule has 0 amide bonds. The molecule has 2 unspecified atom stereocenters. The Morgan fingerprint density at radius 1 is 0.500 bits per heavy atom. The number of benzene rings is 6. The number of carbonyl (C=O) groups excluding carboxylic acids is 2. The normalized spacial score (nSPS) is 13.5. The maximum Gasteiger partial charge on any atom is 0.534 e. The summed E-state index contributed by atoms with van der Waals surface area (Å²) in [7, 11) is -18.5. The van der Waals surface area contributed by atoms with Crippen molar-refractivity contribution in [3.63, 3.8) is 0 Å². The van der Waals surface area contributed by atoms with E-state index in [0.717, 1.165) is 29.4 Å². The summed E-state index contributed by atoms with van der Waals surface area (Å²) in [5.41, 5.74) is -12.8. The lowest BCUT2D eigenvalue weighted by Crippen LogP contribution is -2.35. The van der Waals surface area contributed by atoms with Crippen LogP contribution in [0.2, 0.25) is 0 Å². The van der Waals surface area contributed by atoms with Crippen LogP contribution in [0, 0.1) is 50.4 Å². The number of rotatable bonds is 22. The lowest BCUT2D eigenvalue weighted by molar-refractivity contribution is -0.150. The molecule has 0 aliphatic rings. The van der Waals surface area contributed by atoms with Gasteiger partial charge in [-0.25, -0.2) is 8.42 Å². The SMILES string of the molecule is CCOC(=O)CCC(C)(C#N)N=NC(C)(C#N)CCC(=O)OCC(F)(F)S(=O)(=O)[O-].Cc1cc([S+](c2ccccc2)c2ccccc2)cc(C)c1OS(=O)(=O)C(F)(F)F.Cc1cc([S+](c2ccccc2)c2ccccc2)cc(C)c1OS(=O)(=O)C(F)(F)F. The fourth-order valence-corrected chi connectivity index (χ4v) is 13.3. The van der Waals surface area contributed by atoms with Gasteiger partial charge >= 0.3 is 48.4 Å². The summed E-state index contributed by atoms with van der Waals surface area (Å²) in [6.45, 7) is 8.60. The van der Waals surface area contributed by atoms with Gasteiger partial charge in [0.1, 0.15) is 11.5 Å². The number of nitrogens with zero attached hydrogens (tertiary/aromatic N) is 4. The van der Waals surface area contributed by atoms with Gasteiger partial charge in [-0.1, -0.05) is 72.8 Å². The second kappa shape index (κ2) is 30.5. The van der Waals surface area contributed by atoms with Gasteiger partial charge in [0.05, 0.1) is 40.5 Å². The molecule has 0 fully saturated rings. The summed E-state index contributed by atoms with van der Waals surface area (Å²) >= 11 is 0. The van der Waals surface area contributed by atoms with Gasteiger partial charge in [0.15, 0.2) is 57.2 Å². The van der Waals surface area contributed by atoms with Crippen LogP contribution in [-0.2, 0) is 71.2 Å². The Kier molecular flexibility index (Phi) is 25.3. The van der Waals surface area contributed by atoms with E-state index in [1.54, 1.807) is 37.3 Å². The predicted molar refractivity (Wildman–Crippen MR) is 307 cm³/mol. The van der Waals surface area contributed by atoms with Crippen molar-refractivity contribution >= 4 is 64.1 Å². The van der Waals surface area contributed by atoms with Crippen molar-refractivity contribution in [2.75, 3.05) is 13.2 Å². The zero-order valence-corrected chi connectivity index (χ0v) is 51.8. The minimum absolute atomic E-state index is 0.0475. The van der Waals surface area contributed by atoms with Crippen LogP contribution in [0.3, 0.4) is 0 Å². The van der Waals surface area contributed by atoms with Crippen LogP contribution in [0.25, 0.3) is 0 Å². The van der Waals surface area contributed by atoms with Crippen molar-refractivity contribution in [2.24, 2.45) is 10.2 Å². The monoisotopic (exact) mass is 1330 g/mol. The Bertz CT molecular complexity index is 3540. The van der Waals surface area contributed by atoms with E-state index in [-0.39, 0.29) is 37.4 Å². The van der Waals surface area contributed by atoms with Crippen molar-refractivity contribution in [1.29, 1.82) is 10.5 Å². The minimum Gasteiger partial charge on any atom is -0.743 e. The number of azo groups is 1. The van der Waals surface area contributed by atoms with E-state index in [9.17, 15) is 85.0 Å². The Morgan fingerprint density at radius 2 is 0.773 bits per heavy atom. The number of ether oxygens (including phenoxy) is 2. The van der Waals surface area contributed by atoms with Crippen LogP contribution in [0.4, 0.5) is 35.1 Å². The Labute approximate surface area is 510 Å². The average Bonchev–Trinajstić information content (AvgIpc) is 1.32. The molecule has 2 atom stereocenters. The third-order valence-corrected chi connectivity index (χ3v) is 19.0. The zero-order valence-electron chi connectivity index (χ0n) is 47.8. The highest BCUT2D eigenvalue weighted by Gasteiger charge is 2.50. The molecule has 0 spiro atoms.